The average molecular weight is 186 g/mol. The van der Waals surface area contributed by atoms with Gasteiger partial charge in [-0.1, -0.05) is 12.1 Å². The minimum Gasteiger partial charge on any atom is -0.508 e. The number of phenols is 1. The van der Waals surface area contributed by atoms with Gasteiger partial charge in [0.15, 0.2) is 0 Å². The van der Waals surface area contributed by atoms with Crippen molar-refractivity contribution in [3.63, 3.8) is 0 Å². The Morgan fingerprint density at radius 3 is 2.36 bits per heavy atom. The quantitative estimate of drug-likeness (QED) is 0.605. The van der Waals surface area contributed by atoms with Crippen LogP contribution in [0, 0.1) is 0 Å². The largest absolute Gasteiger partial charge is 0.508 e. The van der Waals surface area contributed by atoms with Crippen LogP contribution in [-0.2, 0) is 11.5 Å². The van der Waals surface area contributed by atoms with Gasteiger partial charge in [0.25, 0.3) is 0 Å². The molecule has 0 radical (unpaired) electrons. The highest BCUT2D eigenvalue weighted by Crippen LogP contribution is 2.23. The maximum atomic E-state index is 9.34. The van der Waals surface area contributed by atoms with Gasteiger partial charge in [-0.15, -0.1) is 0 Å². The number of aromatic hydroxyl groups is 1. The Labute approximate surface area is 77.3 Å². The third-order valence-corrected chi connectivity index (χ3v) is 2.23. The van der Waals surface area contributed by atoms with Crippen LogP contribution in [0.25, 0.3) is 0 Å². The summed E-state index contributed by atoms with van der Waals surface area (Å²) in [7, 11) is 0. The monoisotopic (exact) mass is 186 g/mol. The maximum Gasteiger partial charge on any atom is 0.119 e. The second-order valence-corrected chi connectivity index (χ2v) is 2.86. The molecule has 0 fully saturated rings. The van der Waals surface area contributed by atoms with Gasteiger partial charge in [0.05, 0.1) is 0 Å². The second-order valence-electron chi connectivity index (χ2n) is 2.23. The molecule has 0 amide bonds. The molecule has 0 heterocycles. The summed E-state index contributed by atoms with van der Waals surface area (Å²) in [5.74, 6) is 1.51. The summed E-state index contributed by atoms with van der Waals surface area (Å²) < 4.78 is 0. The molecule has 1 aromatic carbocycles. The number of phenolic OH excluding ortho intramolecular Hbond substituents is 1. The van der Waals surface area contributed by atoms with Crippen molar-refractivity contribution in [1.29, 1.82) is 0 Å². The topological polar surface area (TPSA) is 20.2 Å². The Kier molecular flexibility index (Phi) is 3.15. The Hall–Kier alpha value is -0.280. The lowest BCUT2D eigenvalue weighted by molar-refractivity contribution is 0.470. The van der Waals surface area contributed by atoms with Gasteiger partial charge in [-0.2, -0.15) is 25.3 Å². The summed E-state index contributed by atoms with van der Waals surface area (Å²) in [4.78, 5) is 0. The van der Waals surface area contributed by atoms with Crippen LogP contribution in [0.1, 0.15) is 11.1 Å². The van der Waals surface area contributed by atoms with Crippen LogP contribution in [-0.4, -0.2) is 5.11 Å². The predicted octanol–water partition coefficient (Wildman–Crippen LogP) is 2.25. The van der Waals surface area contributed by atoms with Crippen LogP contribution in [0.5, 0.6) is 5.75 Å². The molecule has 1 N–H and O–H groups in total. The lowest BCUT2D eigenvalue weighted by atomic mass is 10.1. The molecule has 1 nitrogen and oxygen atoms in total. The van der Waals surface area contributed by atoms with Crippen LogP contribution in [0.3, 0.4) is 0 Å². The minimum atomic E-state index is 0.312. The number of benzene rings is 1. The van der Waals surface area contributed by atoms with Crippen LogP contribution in [0.15, 0.2) is 18.2 Å². The first-order chi connectivity index (χ1) is 5.29. The number of thiol groups is 2. The molecule has 1 rings (SSSR count). The lowest BCUT2D eigenvalue weighted by Crippen LogP contribution is -1.87. The summed E-state index contributed by atoms with van der Waals surface area (Å²) >= 11 is 8.25. The number of hydrogen-bond acceptors (Lipinski definition) is 3. The summed E-state index contributed by atoms with van der Waals surface area (Å²) in [6.45, 7) is 0. The Morgan fingerprint density at radius 1 is 1.18 bits per heavy atom. The molecule has 0 saturated carbocycles. The standard InChI is InChI=1S/C8H10OS2/c9-8-3-1-2-6(4-10)7(8)5-11/h1-3,9-11H,4-5H2. The molecular formula is C8H10OS2. The molecule has 0 bridgehead atoms. The highest BCUT2D eigenvalue weighted by atomic mass is 32.1. The molecule has 0 aliphatic carbocycles. The third kappa shape index (κ3) is 1.84. The molecule has 0 aliphatic rings. The van der Waals surface area contributed by atoms with Crippen molar-refractivity contribution >= 4 is 25.3 Å². The van der Waals surface area contributed by atoms with Gasteiger partial charge in [-0.3, -0.25) is 0 Å². The second kappa shape index (κ2) is 3.93. The van der Waals surface area contributed by atoms with Crippen molar-refractivity contribution in [3.05, 3.63) is 29.3 Å². The molecule has 0 saturated heterocycles. The zero-order valence-electron chi connectivity index (χ0n) is 5.99. The minimum absolute atomic E-state index is 0.312. The van der Waals surface area contributed by atoms with Crippen molar-refractivity contribution in [2.45, 2.75) is 11.5 Å². The van der Waals surface area contributed by atoms with E-state index in [-0.39, 0.29) is 0 Å². The van der Waals surface area contributed by atoms with E-state index in [4.69, 9.17) is 0 Å². The first-order valence-corrected chi connectivity index (χ1v) is 4.57. The predicted molar refractivity (Wildman–Crippen MR) is 53.5 cm³/mol. The Bertz CT molecular complexity index is 248. The number of rotatable bonds is 2. The highest BCUT2D eigenvalue weighted by molar-refractivity contribution is 7.79. The zero-order valence-corrected chi connectivity index (χ0v) is 7.78. The van der Waals surface area contributed by atoms with Crippen LogP contribution in [0.2, 0.25) is 0 Å². The first kappa shape index (κ1) is 8.81. The number of hydrogen-bond donors (Lipinski definition) is 3. The van der Waals surface area contributed by atoms with Crippen molar-refractivity contribution in [3.8, 4) is 5.75 Å². The fraction of sp³-hybridized carbons (Fsp3) is 0.250. The molecule has 0 aromatic heterocycles. The van der Waals surface area contributed by atoms with Gasteiger partial charge in [0, 0.05) is 17.1 Å². The van der Waals surface area contributed by atoms with E-state index in [9.17, 15) is 5.11 Å². The molecule has 3 heteroatoms. The molecule has 0 unspecified atom stereocenters. The van der Waals surface area contributed by atoms with Gasteiger partial charge in [-0.25, -0.2) is 0 Å². The van der Waals surface area contributed by atoms with E-state index in [2.05, 4.69) is 25.3 Å². The molecule has 0 atom stereocenters. The summed E-state index contributed by atoms with van der Waals surface area (Å²) in [6.07, 6.45) is 0. The normalized spacial score (nSPS) is 10.0. The van der Waals surface area contributed by atoms with Crippen LogP contribution >= 0.6 is 25.3 Å². The van der Waals surface area contributed by atoms with Gasteiger partial charge in [0.1, 0.15) is 5.75 Å². The zero-order chi connectivity index (χ0) is 8.27. The highest BCUT2D eigenvalue weighted by Gasteiger charge is 2.02. The van der Waals surface area contributed by atoms with E-state index < -0.39 is 0 Å². The van der Waals surface area contributed by atoms with Crippen LogP contribution < -0.4 is 0 Å². The van der Waals surface area contributed by atoms with E-state index in [0.717, 1.165) is 11.1 Å². The first-order valence-electron chi connectivity index (χ1n) is 3.31. The van der Waals surface area contributed by atoms with Crippen molar-refractivity contribution < 1.29 is 5.11 Å². The third-order valence-electron chi connectivity index (χ3n) is 1.58. The fourth-order valence-corrected chi connectivity index (χ4v) is 1.61. The van der Waals surface area contributed by atoms with Crippen molar-refractivity contribution in [2.75, 3.05) is 0 Å². The SMILES string of the molecule is Oc1cccc(CS)c1CS. The van der Waals surface area contributed by atoms with Gasteiger partial charge in [-0.05, 0) is 11.6 Å². The summed E-state index contributed by atoms with van der Waals surface area (Å²) in [5.41, 5.74) is 1.93. The Morgan fingerprint density at radius 2 is 1.91 bits per heavy atom. The van der Waals surface area contributed by atoms with E-state index in [1.807, 2.05) is 12.1 Å². The van der Waals surface area contributed by atoms with Gasteiger partial charge < -0.3 is 5.11 Å². The lowest BCUT2D eigenvalue weighted by Gasteiger charge is -2.05. The van der Waals surface area contributed by atoms with Crippen molar-refractivity contribution in [2.24, 2.45) is 0 Å². The maximum absolute atomic E-state index is 9.34. The summed E-state index contributed by atoms with van der Waals surface area (Å²) in [6, 6.07) is 5.42. The van der Waals surface area contributed by atoms with E-state index in [1.165, 1.54) is 0 Å². The van der Waals surface area contributed by atoms with Gasteiger partial charge >= 0.3 is 0 Å². The van der Waals surface area contributed by atoms with Crippen molar-refractivity contribution in [1.82, 2.24) is 0 Å². The summed E-state index contributed by atoms with van der Waals surface area (Å²) in [5, 5.41) is 9.34. The molecular weight excluding hydrogens is 176 g/mol. The smallest absolute Gasteiger partial charge is 0.119 e. The fourth-order valence-electron chi connectivity index (χ4n) is 0.952. The van der Waals surface area contributed by atoms with Crippen LogP contribution in [0.4, 0.5) is 0 Å². The molecule has 11 heavy (non-hydrogen) atoms. The van der Waals surface area contributed by atoms with Gasteiger partial charge in [0.2, 0.25) is 0 Å². The average Bonchev–Trinajstić information content (AvgIpc) is 2.04. The Balaban J connectivity index is 3.13. The molecule has 0 spiro atoms. The molecule has 60 valence electrons. The van der Waals surface area contributed by atoms with E-state index >= 15 is 0 Å². The molecule has 1 aromatic rings. The van der Waals surface area contributed by atoms with E-state index in [1.54, 1.807) is 6.07 Å². The molecule has 0 aliphatic heterocycles. The van der Waals surface area contributed by atoms with E-state index in [0.29, 0.717) is 17.3 Å².